The number of amides is 1. The fraction of sp³-hybridized carbons (Fsp3) is 0.133. The minimum Gasteiger partial charge on any atom is -0.493 e. The molecule has 0 radical (unpaired) electrons. The van der Waals surface area contributed by atoms with Gasteiger partial charge in [0, 0.05) is 0 Å². The second-order valence-corrected chi connectivity index (χ2v) is 12.2. The first-order valence-electron chi connectivity index (χ1n) is 12.7. The lowest BCUT2D eigenvalue weighted by Gasteiger charge is -2.24. The molecule has 0 saturated heterocycles. The Kier molecular flexibility index (Phi) is 10.6. The van der Waals surface area contributed by atoms with Gasteiger partial charge in [-0.25, -0.2) is 13.8 Å². The number of nitrogens with one attached hydrogen (secondary N) is 1. The van der Waals surface area contributed by atoms with Gasteiger partial charge in [0.05, 0.1) is 39.0 Å². The molecule has 44 heavy (non-hydrogen) atoms. The van der Waals surface area contributed by atoms with Crippen LogP contribution in [-0.4, -0.2) is 34.2 Å². The van der Waals surface area contributed by atoms with Crippen LogP contribution in [0.2, 0.25) is 5.02 Å². The molecule has 0 heterocycles. The van der Waals surface area contributed by atoms with E-state index >= 15 is 0 Å². The number of carbonyl (C=O) groups excluding carboxylic acids is 1. The van der Waals surface area contributed by atoms with Gasteiger partial charge in [0.25, 0.3) is 15.9 Å². The van der Waals surface area contributed by atoms with Crippen molar-refractivity contribution in [3.05, 3.63) is 117 Å². The molecule has 0 aromatic heterocycles. The number of alkyl halides is 3. The predicted octanol–water partition coefficient (Wildman–Crippen LogP) is 7.05. The molecule has 1 amide bonds. The van der Waals surface area contributed by atoms with Crippen molar-refractivity contribution in [3.63, 3.8) is 0 Å². The average Bonchev–Trinajstić information content (AvgIpc) is 3.00. The number of hydrogen-bond donors (Lipinski definition) is 1. The van der Waals surface area contributed by atoms with Crippen LogP contribution >= 0.6 is 27.5 Å². The molecule has 14 heteroatoms. The van der Waals surface area contributed by atoms with Crippen LogP contribution in [0.4, 0.5) is 18.9 Å². The van der Waals surface area contributed by atoms with Crippen LogP contribution in [0.5, 0.6) is 11.5 Å². The van der Waals surface area contributed by atoms with E-state index < -0.39 is 44.9 Å². The van der Waals surface area contributed by atoms with Crippen molar-refractivity contribution >= 4 is 55.4 Å². The maximum atomic E-state index is 13.6. The molecule has 0 spiro atoms. The van der Waals surface area contributed by atoms with Crippen molar-refractivity contribution in [3.8, 4) is 11.5 Å². The Bertz CT molecular complexity index is 1760. The molecule has 0 unspecified atom stereocenters. The van der Waals surface area contributed by atoms with Crippen molar-refractivity contribution < 1.29 is 35.9 Å². The number of ether oxygens (including phenoxy) is 2. The second kappa shape index (κ2) is 14.1. The molecule has 0 aliphatic rings. The number of nitrogens with zero attached hydrogens (tertiary/aromatic N) is 2. The van der Waals surface area contributed by atoms with E-state index in [-0.39, 0.29) is 4.90 Å². The number of sulfonamides is 1. The molecule has 0 atom stereocenters. The summed E-state index contributed by atoms with van der Waals surface area (Å²) in [7, 11) is -3.01. The predicted molar refractivity (Wildman–Crippen MR) is 165 cm³/mol. The first kappa shape index (κ1) is 32.8. The summed E-state index contributed by atoms with van der Waals surface area (Å²) in [4.78, 5) is 12.6. The Hall–Kier alpha value is -4.07. The van der Waals surface area contributed by atoms with Gasteiger partial charge in [-0.1, -0.05) is 60.1 Å². The number of hydrogen-bond acceptors (Lipinski definition) is 6. The Labute approximate surface area is 265 Å². The summed E-state index contributed by atoms with van der Waals surface area (Å²) in [6.45, 7) is -0.591. The van der Waals surface area contributed by atoms with Gasteiger partial charge in [0.2, 0.25) is 0 Å². The van der Waals surface area contributed by atoms with Gasteiger partial charge < -0.3 is 9.47 Å². The third-order valence-electron chi connectivity index (χ3n) is 6.04. The Morgan fingerprint density at radius 3 is 2.32 bits per heavy atom. The topological polar surface area (TPSA) is 97.3 Å². The molecule has 0 aliphatic heterocycles. The van der Waals surface area contributed by atoms with E-state index in [9.17, 15) is 26.4 Å². The summed E-state index contributed by atoms with van der Waals surface area (Å²) in [5.41, 5.74) is 1.99. The quantitative estimate of drug-likeness (QED) is 0.133. The molecule has 230 valence electrons. The van der Waals surface area contributed by atoms with E-state index in [1.807, 2.05) is 30.3 Å². The lowest BCUT2D eigenvalue weighted by Crippen LogP contribution is -2.39. The van der Waals surface area contributed by atoms with Gasteiger partial charge in [-0.2, -0.15) is 18.3 Å². The summed E-state index contributed by atoms with van der Waals surface area (Å²) < 4.78 is 80.0. The fourth-order valence-electron chi connectivity index (χ4n) is 3.95. The van der Waals surface area contributed by atoms with Crippen molar-refractivity contribution in [1.82, 2.24) is 5.43 Å². The third kappa shape index (κ3) is 8.10. The summed E-state index contributed by atoms with van der Waals surface area (Å²) in [6.07, 6.45) is -3.58. The largest absolute Gasteiger partial charge is 0.493 e. The summed E-state index contributed by atoms with van der Waals surface area (Å²) in [5.74, 6) is -0.0926. The van der Waals surface area contributed by atoms with Crippen LogP contribution in [0, 0.1) is 0 Å². The van der Waals surface area contributed by atoms with Crippen LogP contribution < -0.4 is 19.2 Å². The number of methoxy groups -OCH3 is 1. The van der Waals surface area contributed by atoms with Gasteiger partial charge >= 0.3 is 6.18 Å². The number of halogens is 5. The van der Waals surface area contributed by atoms with Crippen molar-refractivity contribution in [1.29, 1.82) is 0 Å². The van der Waals surface area contributed by atoms with E-state index in [2.05, 4.69) is 26.5 Å². The molecule has 0 saturated carbocycles. The highest BCUT2D eigenvalue weighted by Gasteiger charge is 2.35. The number of anilines is 1. The zero-order valence-corrected chi connectivity index (χ0v) is 26.0. The molecule has 1 N–H and O–H groups in total. The van der Waals surface area contributed by atoms with Gasteiger partial charge in [-0.15, -0.1) is 0 Å². The molecule has 4 aromatic carbocycles. The van der Waals surface area contributed by atoms with Crippen molar-refractivity contribution in [2.24, 2.45) is 5.10 Å². The highest BCUT2D eigenvalue weighted by atomic mass is 79.9. The standard InChI is InChI=1S/C30H24BrClF3N3O5S/c1-42-27-15-21(14-25(31)29(27)43-19-20-8-4-2-5-9-20)17-36-37-28(39)18-38(44(40,41)23-10-6-3-7-11-23)22-12-13-26(32)24(16-22)30(33,34)35/h2-17H,18-19H2,1H3,(H,37,39)/b36-17-. The smallest absolute Gasteiger partial charge is 0.417 e. The number of carbonyl (C=O) groups is 1. The summed E-state index contributed by atoms with van der Waals surface area (Å²) >= 11 is 9.17. The van der Waals surface area contributed by atoms with E-state index in [4.69, 9.17) is 21.1 Å². The molecule has 8 nitrogen and oxygen atoms in total. The fourth-order valence-corrected chi connectivity index (χ4v) is 6.18. The average molecular weight is 711 g/mol. The van der Waals surface area contributed by atoms with Gasteiger partial charge in [0.1, 0.15) is 13.2 Å². The van der Waals surface area contributed by atoms with Gasteiger partial charge in [-0.05, 0) is 69.5 Å². The van der Waals surface area contributed by atoms with Gasteiger partial charge in [0.15, 0.2) is 11.5 Å². The van der Waals surface area contributed by atoms with Crippen LogP contribution in [0.3, 0.4) is 0 Å². The zero-order valence-electron chi connectivity index (χ0n) is 22.9. The molecule has 4 rings (SSSR count). The minimum absolute atomic E-state index is 0.230. The lowest BCUT2D eigenvalue weighted by molar-refractivity contribution is -0.137. The summed E-state index contributed by atoms with van der Waals surface area (Å²) in [6, 6.07) is 22.4. The van der Waals surface area contributed by atoms with Crippen LogP contribution in [-0.2, 0) is 27.6 Å². The number of benzene rings is 4. The molecular formula is C30H24BrClF3N3O5S. The van der Waals surface area contributed by atoms with Crippen LogP contribution in [0.1, 0.15) is 16.7 Å². The first-order chi connectivity index (χ1) is 20.9. The minimum atomic E-state index is -4.86. The van der Waals surface area contributed by atoms with Crippen molar-refractivity contribution in [2.75, 3.05) is 18.0 Å². The van der Waals surface area contributed by atoms with E-state index in [0.29, 0.717) is 38.5 Å². The summed E-state index contributed by atoms with van der Waals surface area (Å²) in [5, 5.41) is 3.27. The number of hydrazone groups is 1. The second-order valence-electron chi connectivity index (χ2n) is 9.09. The molecule has 0 fully saturated rings. The normalized spacial score (nSPS) is 11.8. The van der Waals surface area contributed by atoms with Crippen LogP contribution in [0.25, 0.3) is 0 Å². The zero-order chi connectivity index (χ0) is 31.9. The Morgan fingerprint density at radius 1 is 1.02 bits per heavy atom. The molecule has 0 bridgehead atoms. The van der Waals surface area contributed by atoms with Gasteiger partial charge in [-0.3, -0.25) is 9.10 Å². The maximum absolute atomic E-state index is 13.6. The Morgan fingerprint density at radius 2 is 1.68 bits per heavy atom. The lowest BCUT2D eigenvalue weighted by atomic mass is 10.2. The molecule has 0 aliphatic carbocycles. The highest BCUT2D eigenvalue weighted by Crippen LogP contribution is 2.38. The first-order valence-corrected chi connectivity index (χ1v) is 15.3. The molecule has 4 aromatic rings. The maximum Gasteiger partial charge on any atom is 0.417 e. The van der Waals surface area contributed by atoms with Crippen molar-refractivity contribution in [2.45, 2.75) is 17.7 Å². The third-order valence-corrected chi connectivity index (χ3v) is 8.75. The SMILES string of the molecule is COc1cc(/C=N\NC(=O)CN(c2ccc(Cl)c(C(F)(F)F)c2)S(=O)(=O)c2ccccc2)cc(Br)c1OCc1ccccc1. The van der Waals surface area contributed by atoms with E-state index in [1.165, 1.54) is 37.6 Å². The van der Waals surface area contributed by atoms with Crippen LogP contribution in [0.15, 0.2) is 105 Å². The monoisotopic (exact) mass is 709 g/mol. The van der Waals surface area contributed by atoms with E-state index in [0.717, 1.165) is 17.7 Å². The number of rotatable bonds is 11. The molecular weight excluding hydrogens is 687 g/mol. The highest BCUT2D eigenvalue weighted by molar-refractivity contribution is 9.10. The Balaban J connectivity index is 1.54. The van der Waals surface area contributed by atoms with E-state index in [1.54, 1.807) is 18.2 Å².